The fourth-order valence-corrected chi connectivity index (χ4v) is 3.53. The Hall–Kier alpha value is -0.430. The Morgan fingerprint density at radius 3 is 2.58 bits per heavy atom. The van der Waals surface area contributed by atoms with Gasteiger partial charge in [0.1, 0.15) is 0 Å². The van der Waals surface area contributed by atoms with E-state index in [0.717, 1.165) is 6.42 Å². The molecule has 1 aromatic heterocycles. The highest BCUT2D eigenvalue weighted by Crippen LogP contribution is 2.27. The number of primary sulfonamides is 1. The molecule has 2 N–H and O–H groups in total. The molecule has 1 atom stereocenters. The lowest BCUT2D eigenvalue weighted by Crippen LogP contribution is -2.34. The Bertz CT molecular complexity index is 461. The Kier molecular flexibility index (Phi) is 5.98. The van der Waals surface area contributed by atoms with Crippen molar-refractivity contribution in [3.05, 3.63) is 22.4 Å². The van der Waals surface area contributed by atoms with Crippen LogP contribution in [0.3, 0.4) is 0 Å². The molecule has 0 amide bonds. The van der Waals surface area contributed by atoms with Crippen LogP contribution in [0.15, 0.2) is 17.5 Å². The zero-order valence-corrected chi connectivity index (χ0v) is 13.4. The molecule has 1 aromatic rings. The molecule has 0 fully saturated rings. The van der Waals surface area contributed by atoms with Crippen molar-refractivity contribution >= 4 is 21.4 Å². The lowest BCUT2D eigenvalue weighted by atomic mass is 9.82. The Morgan fingerprint density at radius 1 is 1.42 bits per heavy atom. The number of nitrogens with two attached hydrogens (primary N) is 1. The number of hydrogen-bond donors (Lipinski definition) is 1. The third-order valence-electron chi connectivity index (χ3n) is 3.05. The smallest absolute Gasteiger partial charge is 0.209 e. The first-order chi connectivity index (χ1) is 8.68. The zero-order chi connectivity index (χ0) is 14.5. The van der Waals surface area contributed by atoms with Crippen molar-refractivity contribution in [2.24, 2.45) is 16.5 Å². The lowest BCUT2D eigenvalue weighted by molar-refractivity contribution is 0.0674. The van der Waals surface area contributed by atoms with Gasteiger partial charge in [0, 0.05) is 17.2 Å². The maximum absolute atomic E-state index is 11.2. The zero-order valence-electron chi connectivity index (χ0n) is 11.8. The van der Waals surface area contributed by atoms with Crippen molar-refractivity contribution in [3.63, 3.8) is 0 Å². The fourth-order valence-electron chi connectivity index (χ4n) is 1.68. The number of rotatable bonds is 7. The molecule has 0 spiro atoms. The van der Waals surface area contributed by atoms with Crippen molar-refractivity contribution in [1.82, 2.24) is 0 Å². The quantitative estimate of drug-likeness (QED) is 0.786. The van der Waals surface area contributed by atoms with Crippen LogP contribution in [-0.2, 0) is 21.2 Å². The van der Waals surface area contributed by atoms with Crippen molar-refractivity contribution in [2.75, 3.05) is 19.0 Å². The van der Waals surface area contributed by atoms with Crippen LogP contribution >= 0.6 is 11.3 Å². The topological polar surface area (TPSA) is 69.4 Å². The molecule has 0 radical (unpaired) electrons. The second-order valence-electron chi connectivity index (χ2n) is 5.80. The van der Waals surface area contributed by atoms with E-state index < -0.39 is 10.0 Å². The van der Waals surface area contributed by atoms with Crippen LogP contribution in [0.25, 0.3) is 0 Å². The highest BCUT2D eigenvalue weighted by Gasteiger charge is 2.28. The normalized spacial score (nSPS) is 14.5. The summed E-state index contributed by atoms with van der Waals surface area (Å²) in [6.45, 7) is 7.05. The molecule has 6 heteroatoms. The van der Waals surface area contributed by atoms with Gasteiger partial charge in [-0.2, -0.15) is 0 Å². The van der Waals surface area contributed by atoms with Crippen LogP contribution in [0.5, 0.6) is 0 Å². The molecule has 4 nitrogen and oxygen atoms in total. The van der Waals surface area contributed by atoms with E-state index in [9.17, 15) is 8.42 Å². The SMILES string of the molecule is CC(C)(C)C(COCCc1cccs1)CS(N)(=O)=O. The van der Waals surface area contributed by atoms with Gasteiger partial charge in [-0.05, 0) is 16.9 Å². The number of thiophene rings is 1. The van der Waals surface area contributed by atoms with Gasteiger partial charge in [0.2, 0.25) is 10.0 Å². The van der Waals surface area contributed by atoms with E-state index in [4.69, 9.17) is 9.88 Å². The molecular weight excluding hydrogens is 282 g/mol. The highest BCUT2D eigenvalue weighted by molar-refractivity contribution is 7.89. The summed E-state index contributed by atoms with van der Waals surface area (Å²) in [5, 5.41) is 7.17. The minimum Gasteiger partial charge on any atom is -0.381 e. The molecule has 0 aliphatic carbocycles. The number of hydrogen-bond acceptors (Lipinski definition) is 4. The third kappa shape index (κ3) is 7.06. The van der Waals surface area contributed by atoms with E-state index in [-0.39, 0.29) is 17.1 Å². The monoisotopic (exact) mass is 305 g/mol. The van der Waals surface area contributed by atoms with Crippen LogP contribution in [0.4, 0.5) is 0 Å². The van der Waals surface area contributed by atoms with E-state index in [0.29, 0.717) is 13.2 Å². The van der Waals surface area contributed by atoms with Gasteiger partial charge in [-0.15, -0.1) is 11.3 Å². The Balaban J connectivity index is 2.41. The van der Waals surface area contributed by atoms with Crippen molar-refractivity contribution in [1.29, 1.82) is 0 Å². The second kappa shape index (κ2) is 6.83. The predicted molar refractivity (Wildman–Crippen MR) is 79.8 cm³/mol. The third-order valence-corrected chi connectivity index (χ3v) is 4.85. The first-order valence-corrected chi connectivity index (χ1v) is 8.88. The maximum atomic E-state index is 11.2. The molecule has 0 saturated carbocycles. The van der Waals surface area contributed by atoms with Gasteiger partial charge in [0.05, 0.1) is 19.0 Å². The average molecular weight is 305 g/mol. The molecular formula is C13H23NO3S2. The minimum atomic E-state index is -3.46. The van der Waals surface area contributed by atoms with Crippen LogP contribution in [-0.4, -0.2) is 27.4 Å². The van der Waals surface area contributed by atoms with Gasteiger partial charge in [0.15, 0.2) is 0 Å². The van der Waals surface area contributed by atoms with Crippen LogP contribution < -0.4 is 5.14 Å². The Labute approximate surface area is 120 Å². The summed E-state index contributed by atoms with van der Waals surface area (Å²) in [5.74, 6) is -0.124. The number of sulfonamides is 1. The van der Waals surface area contributed by atoms with Gasteiger partial charge < -0.3 is 4.74 Å². The van der Waals surface area contributed by atoms with Gasteiger partial charge in [-0.25, -0.2) is 13.6 Å². The van der Waals surface area contributed by atoms with E-state index in [1.54, 1.807) is 11.3 Å². The summed E-state index contributed by atoms with van der Waals surface area (Å²) in [7, 11) is -3.46. The summed E-state index contributed by atoms with van der Waals surface area (Å²) in [4.78, 5) is 1.28. The highest BCUT2D eigenvalue weighted by atomic mass is 32.2. The fraction of sp³-hybridized carbons (Fsp3) is 0.692. The summed E-state index contributed by atoms with van der Waals surface area (Å²) < 4.78 is 28.1. The molecule has 1 rings (SSSR count). The lowest BCUT2D eigenvalue weighted by Gasteiger charge is -2.29. The molecule has 19 heavy (non-hydrogen) atoms. The molecule has 1 heterocycles. The molecule has 0 aromatic carbocycles. The van der Waals surface area contributed by atoms with Gasteiger partial charge in [-0.1, -0.05) is 26.8 Å². The summed E-state index contributed by atoms with van der Waals surface area (Å²) >= 11 is 1.70. The van der Waals surface area contributed by atoms with Crippen LogP contribution in [0.2, 0.25) is 0 Å². The van der Waals surface area contributed by atoms with Gasteiger partial charge in [-0.3, -0.25) is 0 Å². The molecule has 1 unspecified atom stereocenters. The van der Waals surface area contributed by atoms with Gasteiger partial charge >= 0.3 is 0 Å². The van der Waals surface area contributed by atoms with E-state index in [1.165, 1.54) is 4.88 Å². The molecule has 0 saturated heterocycles. The largest absolute Gasteiger partial charge is 0.381 e. The maximum Gasteiger partial charge on any atom is 0.209 e. The molecule has 110 valence electrons. The summed E-state index contributed by atoms with van der Waals surface area (Å²) in [6.07, 6.45) is 0.865. The van der Waals surface area contributed by atoms with E-state index in [2.05, 4.69) is 6.07 Å². The van der Waals surface area contributed by atoms with E-state index in [1.807, 2.05) is 32.2 Å². The van der Waals surface area contributed by atoms with Gasteiger partial charge in [0.25, 0.3) is 0 Å². The van der Waals surface area contributed by atoms with Crippen molar-refractivity contribution in [2.45, 2.75) is 27.2 Å². The minimum absolute atomic E-state index is 0.0322. The van der Waals surface area contributed by atoms with Crippen molar-refractivity contribution < 1.29 is 13.2 Å². The Morgan fingerprint density at radius 2 is 2.11 bits per heavy atom. The average Bonchev–Trinajstić information content (AvgIpc) is 2.72. The molecule has 0 bridgehead atoms. The summed E-state index contributed by atoms with van der Waals surface area (Å²) in [6, 6.07) is 4.08. The van der Waals surface area contributed by atoms with Crippen molar-refractivity contribution in [3.8, 4) is 0 Å². The molecule has 0 aliphatic rings. The second-order valence-corrected chi connectivity index (χ2v) is 8.49. The number of ether oxygens (including phenoxy) is 1. The summed E-state index contributed by atoms with van der Waals surface area (Å²) in [5.41, 5.74) is -0.143. The predicted octanol–water partition coefficient (Wildman–Crippen LogP) is 2.26. The standard InChI is InChI=1S/C13H23NO3S2/c1-13(2,3)11(10-19(14,15)16)9-17-7-6-12-5-4-8-18-12/h4-5,8,11H,6-7,9-10H2,1-3H3,(H2,14,15,16). The van der Waals surface area contributed by atoms with E-state index >= 15 is 0 Å². The first-order valence-electron chi connectivity index (χ1n) is 6.29. The van der Waals surface area contributed by atoms with Crippen LogP contribution in [0.1, 0.15) is 25.6 Å². The molecule has 0 aliphatic heterocycles. The first kappa shape index (κ1) is 16.6. The van der Waals surface area contributed by atoms with Crippen LogP contribution in [0, 0.1) is 11.3 Å².